The quantitative estimate of drug-likeness (QED) is 0.832. The molecule has 1 aliphatic heterocycles. The molecule has 0 bridgehead atoms. The SMILES string of the molecule is COc1cc2c3c([nH]c2cc1Cl)C(=O)NC[C@H]3C. The second kappa shape index (κ2) is 3.92. The van der Waals surface area contributed by atoms with Gasteiger partial charge in [-0.05, 0) is 17.7 Å². The van der Waals surface area contributed by atoms with Crippen molar-refractivity contribution in [2.45, 2.75) is 12.8 Å². The summed E-state index contributed by atoms with van der Waals surface area (Å²) in [7, 11) is 1.59. The highest BCUT2D eigenvalue weighted by Gasteiger charge is 2.27. The number of amides is 1. The normalized spacial score (nSPS) is 18.6. The van der Waals surface area contributed by atoms with Gasteiger partial charge in [-0.25, -0.2) is 0 Å². The van der Waals surface area contributed by atoms with Crippen molar-refractivity contribution in [3.63, 3.8) is 0 Å². The molecule has 2 aromatic rings. The molecule has 94 valence electrons. The Kier molecular flexibility index (Phi) is 2.48. The van der Waals surface area contributed by atoms with Crippen LogP contribution in [0.4, 0.5) is 0 Å². The molecule has 0 fully saturated rings. The fourth-order valence-corrected chi connectivity index (χ4v) is 2.74. The first-order valence-corrected chi connectivity index (χ1v) is 6.17. The van der Waals surface area contributed by atoms with E-state index in [0.717, 1.165) is 16.5 Å². The summed E-state index contributed by atoms with van der Waals surface area (Å²) in [6.45, 7) is 2.75. The fraction of sp³-hybridized carbons (Fsp3) is 0.308. The van der Waals surface area contributed by atoms with Crippen LogP contribution in [0.1, 0.15) is 28.9 Å². The van der Waals surface area contributed by atoms with Gasteiger partial charge in [0, 0.05) is 23.4 Å². The zero-order valence-corrected chi connectivity index (χ0v) is 10.9. The maximum absolute atomic E-state index is 11.8. The third-order valence-electron chi connectivity index (χ3n) is 3.40. The van der Waals surface area contributed by atoms with Gasteiger partial charge in [0.1, 0.15) is 11.4 Å². The summed E-state index contributed by atoms with van der Waals surface area (Å²) in [6.07, 6.45) is 0. The van der Waals surface area contributed by atoms with Crippen molar-refractivity contribution in [1.82, 2.24) is 10.3 Å². The Morgan fingerprint density at radius 3 is 2.94 bits per heavy atom. The number of aromatic amines is 1. The summed E-state index contributed by atoms with van der Waals surface area (Å²) in [4.78, 5) is 15.0. The van der Waals surface area contributed by atoms with Gasteiger partial charge in [0.2, 0.25) is 0 Å². The number of carbonyl (C=O) groups is 1. The van der Waals surface area contributed by atoms with Gasteiger partial charge in [0.25, 0.3) is 5.91 Å². The van der Waals surface area contributed by atoms with Crippen LogP contribution in [0, 0.1) is 0 Å². The first-order valence-electron chi connectivity index (χ1n) is 5.79. The smallest absolute Gasteiger partial charge is 0.268 e. The monoisotopic (exact) mass is 264 g/mol. The highest BCUT2D eigenvalue weighted by atomic mass is 35.5. The summed E-state index contributed by atoms with van der Waals surface area (Å²) in [5.41, 5.74) is 2.55. The molecule has 2 heterocycles. The lowest BCUT2D eigenvalue weighted by molar-refractivity contribution is 0.0937. The number of fused-ring (bicyclic) bond motifs is 3. The lowest BCUT2D eigenvalue weighted by atomic mass is 9.94. The van der Waals surface area contributed by atoms with Gasteiger partial charge < -0.3 is 15.0 Å². The maximum atomic E-state index is 11.8. The number of H-pyrrole nitrogens is 1. The maximum Gasteiger partial charge on any atom is 0.268 e. The highest BCUT2D eigenvalue weighted by molar-refractivity contribution is 6.33. The lowest BCUT2D eigenvalue weighted by Gasteiger charge is -2.19. The van der Waals surface area contributed by atoms with Crippen LogP contribution in [0.25, 0.3) is 10.9 Å². The molecule has 0 aliphatic carbocycles. The largest absolute Gasteiger partial charge is 0.495 e. The predicted octanol–water partition coefficient (Wildman–Crippen LogP) is 2.68. The molecule has 0 saturated carbocycles. The Morgan fingerprint density at radius 1 is 1.44 bits per heavy atom. The number of hydrogen-bond donors (Lipinski definition) is 2. The molecule has 0 spiro atoms. The Hall–Kier alpha value is -1.68. The van der Waals surface area contributed by atoms with Crippen molar-refractivity contribution in [1.29, 1.82) is 0 Å². The standard InChI is InChI=1S/C13H13ClN2O2/c1-6-5-15-13(17)12-11(6)7-3-10(18-2)8(14)4-9(7)16-12/h3-4,6,16H,5H2,1-2H3,(H,15,17)/t6-/m1/s1. The van der Waals surface area contributed by atoms with E-state index in [0.29, 0.717) is 23.0 Å². The van der Waals surface area contributed by atoms with Gasteiger partial charge >= 0.3 is 0 Å². The van der Waals surface area contributed by atoms with Crippen LogP contribution in [0.15, 0.2) is 12.1 Å². The number of hydrogen-bond acceptors (Lipinski definition) is 2. The number of benzene rings is 1. The zero-order valence-electron chi connectivity index (χ0n) is 10.1. The average molecular weight is 265 g/mol. The van der Waals surface area contributed by atoms with Crippen molar-refractivity contribution >= 4 is 28.4 Å². The number of ether oxygens (including phenoxy) is 1. The van der Waals surface area contributed by atoms with E-state index < -0.39 is 0 Å². The number of carbonyl (C=O) groups excluding carboxylic acids is 1. The molecule has 1 aromatic carbocycles. The first-order chi connectivity index (χ1) is 8.61. The number of aromatic nitrogens is 1. The summed E-state index contributed by atoms with van der Waals surface area (Å²) in [6, 6.07) is 3.69. The Balaban J connectivity index is 2.34. The van der Waals surface area contributed by atoms with Crippen LogP contribution < -0.4 is 10.1 Å². The molecule has 0 radical (unpaired) electrons. The predicted molar refractivity (Wildman–Crippen MR) is 70.6 cm³/mol. The third kappa shape index (κ3) is 1.49. The molecule has 1 aromatic heterocycles. The molecule has 5 heteroatoms. The van der Waals surface area contributed by atoms with Crippen LogP contribution in [0.5, 0.6) is 5.75 Å². The fourth-order valence-electron chi connectivity index (χ4n) is 2.50. The average Bonchev–Trinajstić information content (AvgIpc) is 2.72. The minimum atomic E-state index is -0.0608. The summed E-state index contributed by atoms with van der Waals surface area (Å²) in [5.74, 6) is 0.843. The van der Waals surface area contributed by atoms with Crippen LogP contribution in [-0.4, -0.2) is 24.5 Å². The van der Waals surface area contributed by atoms with Crippen molar-refractivity contribution in [3.05, 3.63) is 28.4 Å². The summed E-state index contributed by atoms with van der Waals surface area (Å²) >= 11 is 6.09. The molecule has 1 aliphatic rings. The molecule has 2 N–H and O–H groups in total. The van der Waals surface area contributed by atoms with Crippen LogP contribution in [-0.2, 0) is 0 Å². The van der Waals surface area contributed by atoms with E-state index in [1.807, 2.05) is 6.07 Å². The molecular weight excluding hydrogens is 252 g/mol. The summed E-state index contributed by atoms with van der Waals surface area (Å²) in [5, 5.41) is 4.40. The van der Waals surface area contributed by atoms with Crippen LogP contribution in [0.2, 0.25) is 5.02 Å². The second-order valence-corrected chi connectivity index (χ2v) is 4.96. The Labute approximate surface area is 109 Å². The van der Waals surface area contributed by atoms with E-state index in [1.165, 1.54) is 0 Å². The number of halogens is 1. The lowest BCUT2D eigenvalue weighted by Crippen LogP contribution is -2.33. The first kappa shape index (κ1) is 11.4. The van der Waals surface area contributed by atoms with Crippen molar-refractivity contribution in [3.8, 4) is 5.75 Å². The van der Waals surface area contributed by atoms with Crippen LogP contribution in [0.3, 0.4) is 0 Å². The molecule has 1 atom stereocenters. The topological polar surface area (TPSA) is 54.1 Å². The van der Waals surface area contributed by atoms with Gasteiger partial charge in [-0.1, -0.05) is 18.5 Å². The van der Waals surface area contributed by atoms with Gasteiger partial charge in [0.15, 0.2) is 0 Å². The van der Waals surface area contributed by atoms with Crippen LogP contribution >= 0.6 is 11.6 Å². The third-order valence-corrected chi connectivity index (χ3v) is 3.70. The Bertz CT molecular complexity index is 648. The van der Waals surface area contributed by atoms with E-state index in [1.54, 1.807) is 13.2 Å². The zero-order chi connectivity index (χ0) is 12.9. The van der Waals surface area contributed by atoms with E-state index in [9.17, 15) is 4.79 Å². The molecule has 0 unspecified atom stereocenters. The highest BCUT2D eigenvalue weighted by Crippen LogP contribution is 2.36. The molecular formula is C13H13ClN2O2. The van der Waals surface area contributed by atoms with E-state index in [2.05, 4.69) is 17.2 Å². The van der Waals surface area contributed by atoms with E-state index in [-0.39, 0.29) is 11.8 Å². The number of rotatable bonds is 1. The molecule has 1 amide bonds. The molecule has 0 saturated heterocycles. The van der Waals surface area contributed by atoms with E-state index >= 15 is 0 Å². The number of nitrogens with one attached hydrogen (secondary N) is 2. The number of methoxy groups -OCH3 is 1. The van der Waals surface area contributed by atoms with Crippen molar-refractivity contribution < 1.29 is 9.53 Å². The van der Waals surface area contributed by atoms with Gasteiger partial charge in [0.05, 0.1) is 12.1 Å². The minimum Gasteiger partial charge on any atom is -0.495 e. The van der Waals surface area contributed by atoms with Gasteiger partial charge in [-0.15, -0.1) is 0 Å². The van der Waals surface area contributed by atoms with Crippen molar-refractivity contribution in [2.24, 2.45) is 0 Å². The molecule has 3 rings (SSSR count). The van der Waals surface area contributed by atoms with E-state index in [4.69, 9.17) is 16.3 Å². The second-order valence-electron chi connectivity index (χ2n) is 4.56. The van der Waals surface area contributed by atoms with Gasteiger partial charge in [-0.2, -0.15) is 0 Å². The van der Waals surface area contributed by atoms with Crippen molar-refractivity contribution in [2.75, 3.05) is 13.7 Å². The minimum absolute atomic E-state index is 0.0608. The molecule has 4 nitrogen and oxygen atoms in total. The summed E-state index contributed by atoms with van der Waals surface area (Å²) < 4.78 is 5.23. The van der Waals surface area contributed by atoms with Gasteiger partial charge in [-0.3, -0.25) is 4.79 Å². The molecule has 18 heavy (non-hydrogen) atoms. The Morgan fingerprint density at radius 2 is 2.22 bits per heavy atom.